The van der Waals surface area contributed by atoms with Crippen LogP contribution in [0.4, 0.5) is 0 Å². The standard InChI is InChI=1S/C44H30N2/c1-5-13-31(14-6-1)35-21-36(32-15-7-2-8-16-32)24-39(23-35)42-27-41-28-43(30-46-44(41)45-29-42)40-25-37(33-17-9-3-10-18-33)22-38(26-40)34-19-11-4-12-20-34/h1-30H. The molecule has 0 aliphatic heterocycles. The van der Waals surface area contributed by atoms with E-state index < -0.39 is 0 Å². The maximum Gasteiger partial charge on any atom is 0.159 e. The summed E-state index contributed by atoms with van der Waals surface area (Å²) in [6, 6.07) is 60.3. The van der Waals surface area contributed by atoms with Crippen molar-refractivity contribution >= 4 is 11.0 Å². The van der Waals surface area contributed by atoms with Crippen LogP contribution in [0.3, 0.4) is 0 Å². The Hall–Kier alpha value is -6.12. The zero-order chi connectivity index (χ0) is 30.7. The fraction of sp³-hybridized carbons (Fsp3) is 0. The highest BCUT2D eigenvalue weighted by molar-refractivity contribution is 5.89. The summed E-state index contributed by atoms with van der Waals surface area (Å²) < 4.78 is 0. The smallest absolute Gasteiger partial charge is 0.159 e. The molecule has 0 saturated heterocycles. The minimum absolute atomic E-state index is 0.734. The summed E-state index contributed by atoms with van der Waals surface area (Å²) >= 11 is 0. The van der Waals surface area contributed by atoms with E-state index in [1.54, 1.807) is 0 Å². The molecular weight excluding hydrogens is 556 g/mol. The fourth-order valence-electron chi connectivity index (χ4n) is 6.12. The van der Waals surface area contributed by atoms with Crippen molar-refractivity contribution in [3.8, 4) is 66.8 Å². The van der Waals surface area contributed by atoms with Gasteiger partial charge < -0.3 is 0 Å². The van der Waals surface area contributed by atoms with Crippen LogP contribution in [-0.2, 0) is 0 Å². The van der Waals surface area contributed by atoms with Crippen LogP contribution in [0.15, 0.2) is 182 Å². The lowest BCUT2D eigenvalue weighted by molar-refractivity contribution is 1.29. The number of benzene rings is 6. The molecule has 0 fully saturated rings. The Kier molecular flexibility index (Phi) is 7.22. The number of hydrogen-bond donors (Lipinski definition) is 0. The quantitative estimate of drug-likeness (QED) is 0.194. The maximum atomic E-state index is 4.82. The summed E-state index contributed by atoms with van der Waals surface area (Å²) in [5, 5.41) is 1.01. The van der Waals surface area contributed by atoms with Crippen molar-refractivity contribution in [1.82, 2.24) is 9.97 Å². The minimum atomic E-state index is 0.734. The first-order valence-electron chi connectivity index (χ1n) is 15.6. The van der Waals surface area contributed by atoms with Gasteiger partial charge in [0.1, 0.15) is 0 Å². The molecule has 2 aromatic heterocycles. The van der Waals surface area contributed by atoms with Crippen LogP contribution in [0.2, 0.25) is 0 Å². The van der Waals surface area contributed by atoms with Gasteiger partial charge in [0, 0.05) is 28.9 Å². The molecule has 0 radical (unpaired) electrons. The van der Waals surface area contributed by atoms with Crippen molar-refractivity contribution in [1.29, 1.82) is 0 Å². The molecular formula is C44H30N2. The van der Waals surface area contributed by atoms with Gasteiger partial charge in [0.05, 0.1) is 0 Å². The van der Waals surface area contributed by atoms with E-state index in [1.165, 1.54) is 44.5 Å². The number of aromatic nitrogens is 2. The predicted molar refractivity (Wildman–Crippen MR) is 192 cm³/mol. The molecule has 2 heteroatoms. The molecule has 6 aromatic carbocycles. The van der Waals surface area contributed by atoms with Crippen LogP contribution >= 0.6 is 0 Å². The lowest BCUT2D eigenvalue weighted by atomic mass is 9.93. The first kappa shape index (κ1) is 27.4. The lowest BCUT2D eigenvalue weighted by Gasteiger charge is -2.13. The number of rotatable bonds is 6. The Morgan fingerprint density at radius 2 is 0.500 bits per heavy atom. The summed E-state index contributed by atoms with van der Waals surface area (Å²) in [4.78, 5) is 9.63. The van der Waals surface area contributed by atoms with Gasteiger partial charge in [0.15, 0.2) is 5.65 Å². The number of fused-ring (bicyclic) bond motifs is 1. The Morgan fingerprint density at radius 1 is 0.239 bits per heavy atom. The van der Waals surface area contributed by atoms with Crippen LogP contribution in [0.25, 0.3) is 77.8 Å². The molecule has 0 amide bonds. The fourth-order valence-corrected chi connectivity index (χ4v) is 6.12. The Labute approximate surface area is 269 Å². The van der Waals surface area contributed by atoms with Gasteiger partial charge in [-0.2, -0.15) is 0 Å². The SMILES string of the molecule is c1ccc(-c2cc(-c3ccccc3)cc(-c3cnc4ncc(-c5cc(-c6ccccc6)cc(-c6ccccc6)c5)cc4c3)c2)cc1. The average molecular weight is 587 g/mol. The lowest BCUT2D eigenvalue weighted by Crippen LogP contribution is -1.91. The van der Waals surface area contributed by atoms with Crippen molar-refractivity contribution in [3.05, 3.63) is 182 Å². The largest absolute Gasteiger partial charge is 0.236 e. The summed E-state index contributed by atoms with van der Waals surface area (Å²) in [7, 11) is 0. The summed E-state index contributed by atoms with van der Waals surface area (Å²) in [6.07, 6.45) is 3.88. The second-order valence-corrected chi connectivity index (χ2v) is 11.6. The summed E-state index contributed by atoms with van der Waals surface area (Å²) in [6.45, 7) is 0. The normalized spacial score (nSPS) is 11.0. The zero-order valence-electron chi connectivity index (χ0n) is 25.2. The molecule has 8 rings (SSSR count). The van der Waals surface area contributed by atoms with E-state index in [1.807, 2.05) is 12.4 Å². The molecule has 0 N–H and O–H groups in total. The molecule has 0 spiro atoms. The van der Waals surface area contributed by atoms with Gasteiger partial charge in [-0.25, -0.2) is 9.97 Å². The third kappa shape index (κ3) is 5.60. The van der Waals surface area contributed by atoms with Crippen LogP contribution in [0.1, 0.15) is 0 Å². The highest BCUT2D eigenvalue weighted by atomic mass is 14.8. The van der Waals surface area contributed by atoms with Gasteiger partial charge in [-0.1, -0.05) is 121 Å². The molecule has 46 heavy (non-hydrogen) atoms. The zero-order valence-corrected chi connectivity index (χ0v) is 25.2. The van der Waals surface area contributed by atoms with Crippen molar-refractivity contribution in [2.24, 2.45) is 0 Å². The van der Waals surface area contributed by atoms with E-state index in [-0.39, 0.29) is 0 Å². The first-order valence-corrected chi connectivity index (χ1v) is 15.6. The molecule has 0 saturated carbocycles. The van der Waals surface area contributed by atoms with Crippen LogP contribution in [0, 0.1) is 0 Å². The maximum absolute atomic E-state index is 4.82. The summed E-state index contributed by atoms with van der Waals surface area (Å²) in [5.74, 6) is 0. The molecule has 2 nitrogen and oxygen atoms in total. The van der Waals surface area contributed by atoms with E-state index in [4.69, 9.17) is 9.97 Å². The van der Waals surface area contributed by atoms with Gasteiger partial charge in [-0.15, -0.1) is 0 Å². The van der Waals surface area contributed by atoms with Crippen molar-refractivity contribution in [2.45, 2.75) is 0 Å². The second kappa shape index (κ2) is 12.1. The summed E-state index contributed by atoms with van der Waals surface area (Å²) in [5.41, 5.74) is 14.5. The van der Waals surface area contributed by atoms with Gasteiger partial charge >= 0.3 is 0 Å². The average Bonchev–Trinajstić information content (AvgIpc) is 3.15. The van der Waals surface area contributed by atoms with Crippen LogP contribution in [0.5, 0.6) is 0 Å². The van der Waals surface area contributed by atoms with Crippen LogP contribution < -0.4 is 0 Å². The van der Waals surface area contributed by atoms with Gasteiger partial charge in [0.2, 0.25) is 0 Å². The second-order valence-electron chi connectivity index (χ2n) is 11.6. The van der Waals surface area contributed by atoms with E-state index in [0.717, 1.165) is 33.3 Å². The van der Waals surface area contributed by atoms with E-state index >= 15 is 0 Å². The van der Waals surface area contributed by atoms with Gasteiger partial charge in [-0.3, -0.25) is 0 Å². The Balaban J connectivity index is 1.25. The van der Waals surface area contributed by atoms with Crippen molar-refractivity contribution in [2.75, 3.05) is 0 Å². The topological polar surface area (TPSA) is 25.8 Å². The van der Waals surface area contributed by atoms with E-state index in [9.17, 15) is 0 Å². The molecule has 0 aliphatic rings. The van der Waals surface area contributed by atoms with Crippen molar-refractivity contribution < 1.29 is 0 Å². The van der Waals surface area contributed by atoms with Crippen LogP contribution in [-0.4, -0.2) is 9.97 Å². The molecule has 0 unspecified atom stereocenters. The highest BCUT2D eigenvalue weighted by Gasteiger charge is 2.12. The Bertz CT molecular complexity index is 2000. The number of hydrogen-bond acceptors (Lipinski definition) is 2. The molecule has 0 atom stereocenters. The van der Waals surface area contributed by atoms with E-state index in [0.29, 0.717) is 0 Å². The molecule has 2 heterocycles. The predicted octanol–water partition coefficient (Wildman–Crippen LogP) is 11.6. The molecule has 0 bridgehead atoms. The molecule has 8 aromatic rings. The molecule has 0 aliphatic carbocycles. The van der Waals surface area contributed by atoms with Crippen molar-refractivity contribution in [3.63, 3.8) is 0 Å². The Morgan fingerprint density at radius 3 is 0.783 bits per heavy atom. The first-order chi connectivity index (χ1) is 22.8. The van der Waals surface area contributed by atoms with Gasteiger partial charge in [-0.05, 0) is 104 Å². The number of pyridine rings is 2. The third-order valence-electron chi connectivity index (χ3n) is 8.49. The minimum Gasteiger partial charge on any atom is -0.236 e. The van der Waals surface area contributed by atoms with Gasteiger partial charge in [0.25, 0.3) is 0 Å². The van der Waals surface area contributed by atoms with E-state index in [2.05, 4.69) is 170 Å². The highest BCUT2D eigenvalue weighted by Crippen LogP contribution is 2.36. The third-order valence-corrected chi connectivity index (χ3v) is 8.49. The number of nitrogens with zero attached hydrogens (tertiary/aromatic N) is 2. The monoisotopic (exact) mass is 586 g/mol. The molecule has 216 valence electrons.